The number of rotatable bonds is 2. The Hall–Kier alpha value is -1.29. The molecular formula is C12H20N4. The summed E-state index contributed by atoms with van der Waals surface area (Å²) >= 11 is 0. The van der Waals surface area contributed by atoms with E-state index in [0.717, 1.165) is 11.5 Å². The number of hydrogen-bond donors (Lipinski definition) is 1. The molecule has 4 heteroatoms. The van der Waals surface area contributed by atoms with E-state index in [9.17, 15) is 0 Å². The van der Waals surface area contributed by atoms with Gasteiger partial charge in [0.1, 0.15) is 5.82 Å². The first kappa shape index (κ1) is 11.2. The lowest BCUT2D eigenvalue weighted by Crippen LogP contribution is -2.42. The van der Waals surface area contributed by atoms with Crippen LogP contribution in [0.1, 0.15) is 12.8 Å². The zero-order valence-corrected chi connectivity index (χ0v) is 10.1. The molecule has 2 rings (SSSR count). The molecule has 0 spiro atoms. The van der Waals surface area contributed by atoms with E-state index in [0.29, 0.717) is 6.04 Å². The first-order valence-electron chi connectivity index (χ1n) is 5.80. The molecule has 0 amide bonds. The topological polar surface area (TPSA) is 45.4 Å². The molecule has 16 heavy (non-hydrogen) atoms. The maximum absolute atomic E-state index is 5.64. The van der Waals surface area contributed by atoms with E-state index < -0.39 is 0 Å². The van der Waals surface area contributed by atoms with Crippen molar-refractivity contribution in [3.63, 3.8) is 0 Å². The third-order valence-corrected chi connectivity index (χ3v) is 3.37. The number of hydrogen-bond acceptors (Lipinski definition) is 4. The second kappa shape index (κ2) is 4.70. The molecule has 1 fully saturated rings. The summed E-state index contributed by atoms with van der Waals surface area (Å²) in [5.74, 6) is 1.02. The van der Waals surface area contributed by atoms with Crippen LogP contribution in [0.25, 0.3) is 0 Å². The van der Waals surface area contributed by atoms with E-state index in [1.807, 2.05) is 12.1 Å². The van der Waals surface area contributed by atoms with Gasteiger partial charge in [-0.15, -0.1) is 0 Å². The lowest BCUT2D eigenvalue weighted by molar-refractivity contribution is 0.252. The van der Waals surface area contributed by atoms with Gasteiger partial charge in [-0.3, -0.25) is 0 Å². The molecular weight excluding hydrogens is 200 g/mol. The average molecular weight is 220 g/mol. The van der Waals surface area contributed by atoms with Gasteiger partial charge in [-0.1, -0.05) is 0 Å². The van der Waals surface area contributed by atoms with Crippen LogP contribution in [-0.4, -0.2) is 43.1 Å². The molecule has 2 N–H and O–H groups in total. The minimum atomic E-state index is 0.604. The van der Waals surface area contributed by atoms with Crippen LogP contribution in [0.4, 0.5) is 11.5 Å². The van der Waals surface area contributed by atoms with Gasteiger partial charge < -0.3 is 15.5 Å². The van der Waals surface area contributed by atoms with Gasteiger partial charge in [0.15, 0.2) is 0 Å². The molecule has 0 aliphatic carbocycles. The third-order valence-electron chi connectivity index (χ3n) is 3.37. The van der Waals surface area contributed by atoms with Crippen LogP contribution in [0, 0.1) is 0 Å². The number of aromatic nitrogens is 1. The fraction of sp³-hybridized carbons (Fsp3) is 0.583. The third kappa shape index (κ3) is 2.44. The summed E-state index contributed by atoms with van der Waals surface area (Å²) in [4.78, 5) is 9.01. The second-order valence-corrected chi connectivity index (χ2v) is 4.60. The summed E-state index contributed by atoms with van der Waals surface area (Å²) < 4.78 is 0. The van der Waals surface area contributed by atoms with E-state index >= 15 is 0 Å². The zero-order valence-electron chi connectivity index (χ0n) is 10.1. The Labute approximate surface area is 97.1 Å². The first-order valence-corrected chi connectivity index (χ1v) is 5.80. The smallest absolute Gasteiger partial charge is 0.128 e. The second-order valence-electron chi connectivity index (χ2n) is 4.60. The first-order chi connectivity index (χ1) is 7.66. The normalized spacial score (nSPS) is 18.6. The Morgan fingerprint density at radius 1 is 1.38 bits per heavy atom. The van der Waals surface area contributed by atoms with E-state index in [-0.39, 0.29) is 0 Å². The molecule has 4 nitrogen and oxygen atoms in total. The van der Waals surface area contributed by atoms with Crippen molar-refractivity contribution in [2.75, 3.05) is 37.8 Å². The van der Waals surface area contributed by atoms with Gasteiger partial charge in [0.05, 0.1) is 11.9 Å². The largest absolute Gasteiger partial charge is 0.397 e. The highest BCUT2D eigenvalue weighted by molar-refractivity contribution is 5.45. The SMILES string of the molecule is CN1CCC(N(C)c2ccc(N)cn2)CC1. The van der Waals surface area contributed by atoms with Gasteiger partial charge in [-0.05, 0) is 45.1 Å². The van der Waals surface area contributed by atoms with Crippen LogP contribution < -0.4 is 10.6 Å². The van der Waals surface area contributed by atoms with Crippen LogP contribution in [0.5, 0.6) is 0 Å². The average Bonchev–Trinajstić information content (AvgIpc) is 2.30. The van der Waals surface area contributed by atoms with E-state index in [1.165, 1.54) is 25.9 Å². The lowest BCUT2D eigenvalue weighted by atomic mass is 10.0. The lowest BCUT2D eigenvalue weighted by Gasteiger charge is -2.35. The van der Waals surface area contributed by atoms with Crippen molar-refractivity contribution < 1.29 is 0 Å². The van der Waals surface area contributed by atoms with Crippen LogP contribution in [0.3, 0.4) is 0 Å². The van der Waals surface area contributed by atoms with Crippen molar-refractivity contribution in [2.24, 2.45) is 0 Å². The molecule has 1 aromatic rings. The minimum Gasteiger partial charge on any atom is -0.397 e. The predicted molar refractivity (Wildman–Crippen MR) is 67.6 cm³/mol. The highest BCUT2D eigenvalue weighted by atomic mass is 15.2. The Balaban J connectivity index is 2.01. The number of anilines is 2. The van der Waals surface area contributed by atoms with Crippen LogP contribution >= 0.6 is 0 Å². The molecule has 88 valence electrons. The predicted octanol–water partition coefficient (Wildman–Crippen LogP) is 1.19. The van der Waals surface area contributed by atoms with Crippen molar-refractivity contribution in [3.8, 4) is 0 Å². The molecule has 0 atom stereocenters. The zero-order chi connectivity index (χ0) is 11.5. The van der Waals surface area contributed by atoms with Crippen LogP contribution in [0.15, 0.2) is 18.3 Å². The van der Waals surface area contributed by atoms with Crippen molar-refractivity contribution in [1.82, 2.24) is 9.88 Å². The van der Waals surface area contributed by atoms with Gasteiger partial charge in [-0.25, -0.2) is 4.98 Å². The molecule has 0 saturated carbocycles. The Kier molecular flexibility index (Phi) is 3.29. The molecule has 2 heterocycles. The minimum absolute atomic E-state index is 0.604. The Morgan fingerprint density at radius 2 is 2.06 bits per heavy atom. The Bertz CT molecular complexity index is 327. The van der Waals surface area contributed by atoms with Crippen molar-refractivity contribution in [1.29, 1.82) is 0 Å². The van der Waals surface area contributed by atoms with Crippen molar-refractivity contribution >= 4 is 11.5 Å². The highest BCUT2D eigenvalue weighted by Crippen LogP contribution is 2.20. The number of piperidine rings is 1. The number of nitrogens with two attached hydrogens (primary N) is 1. The standard InChI is InChI=1S/C12H20N4/c1-15-7-5-11(6-8-15)16(2)12-4-3-10(13)9-14-12/h3-4,9,11H,5-8,13H2,1-2H3. The monoisotopic (exact) mass is 220 g/mol. The fourth-order valence-corrected chi connectivity index (χ4v) is 2.18. The van der Waals surface area contributed by atoms with Crippen LogP contribution in [0.2, 0.25) is 0 Å². The molecule has 0 aromatic carbocycles. The molecule has 1 aromatic heterocycles. The van der Waals surface area contributed by atoms with Gasteiger partial charge >= 0.3 is 0 Å². The van der Waals surface area contributed by atoms with E-state index in [4.69, 9.17) is 5.73 Å². The van der Waals surface area contributed by atoms with E-state index in [2.05, 4.69) is 28.9 Å². The summed E-state index contributed by atoms with van der Waals surface area (Å²) in [5.41, 5.74) is 6.36. The number of pyridine rings is 1. The van der Waals surface area contributed by atoms with Gasteiger partial charge in [0.25, 0.3) is 0 Å². The summed E-state index contributed by atoms with van der Waals surface area (Å²) in [6.45, 7) is 2.34. The number of nitrogen functional groups attached to an aromatic ring is 1. The molecule has 0 unspecified atom stereocenters. The van der Waals surface area contributed by atoms with Crippen molar-refractivity contribution in [3.05, 3.63) is 18.3 Å². The number of nitrogens with zero attached hydrogens (tertiary/aromatic N) is 3. The highest BCUT2D eigenvalue weighted by Gasteiger charge is 2.21. The van der Waals surface area contributed by atoms with Crippen molar-refractivity contribution in [2.45, 2.75) is 18.9 Å². The van der Waals surface area contributed by atoms with Crippen LogP contribution in [-0.2, 0) is 0 Å². The Morgan fingerprint density at radius 3 is 2.62 bits per heavy atom. The maximum atomic E-state index is 5.64. The summed E-state index contributed by atoms with van der Waals surface area (Å²) in [5, 5.41) is 0. The summed E-state index contributed by atoms with van der Waals surface area (Å²) in [7, 11) is 4.30. The van der Waals surface area contributed by atoms with E-state index in [1.54, 1.807) is 6.20 Å². The molecule has 0 bridgehead atoms. The quantitative estimate of drug-likeness (QED) is 0.813. The summed E-state index contributed by atoms with van der Waals surface area (Å²) in [6, 6.07) is 4.51. The molecule has 1 aliphatic heterocycles. The molecule has 0 radical (unpaired) electrons. The van der Waals surface area contributed by atoms with Gasteiger partial charge in [-0.2, -0.15) is 0 Å². The fourth-order valence-electron chi connectivity index (χ4n) is 2.18. The number of likely N-dealkylation sites (tertiary alicyclic amines) is 1. The van der Waals surface area contributed by atoms with Gasteiger partial charge in [0, 0.05) is 13.1 Å². The van der Waals surface area contributed by atoms with Gasteiger partial charge in [0.2, 0.25) is 0 Å². The molecule has 1 saturated heterocycles. The maximum Gasteiger partial charge on any atom is 0.128 e. The molecule has 1 aliphatic rings. The summed E-state index contributed by atoms with van der Waals surface area (Å²) in [6.07, 6.45) is 4.14.